The average Bonchev–Trinajstić information content (AvgIpc) is 2.46. The summed E-state index contributed by atoms with van der Waals surface area (Å²) in [5.74, 6) is -1.50. The lowest BCUT2D eigenvalue weighted by atomic mass is 10.0. The summed E-state index contributed by atoms with van der Waals surface area (Å²) in [5, 5.41) is 8.88. The third kappa shape index (κ3) is 3.51. The number of aromatic carboxylic acids is 1. The standard InChI is InChI=1S/C16H13FO3/c17-14-7-4-11(5-8-14)6-9-15(18)12-2-1-3-13(10-12)16(19)20/h1-5,7-8,10H,6,9H2,(H,19,20). The van der Waals surface area contributed by atoms with E-state index < -0.39 is 5.97 Å². The van der Waals surface area contributed by atoms with E-state index in [1.54, 1.807) is 24.3 Å². The largest absolute Gasteiger partial charge is 0.478 e. The highest BCUT2D eigenvalue weighted by molar-refractivity contribution is 5.98. The van der Waals surface area contributed by atoms with Crippen LogP contribution in [-0.2, 0) is 6.42 Å². The Bertz CT molecular complexity index is 632. The van der Waals surface area contributed by atoms with E-state index in [9.17, 15) is 14.0 Å². The van der Waals surface area contributed by atoms with Gasteiger partial charge in [0.05, 0.1) is 5.56 Å². The lowest BCUT2D eigenvalue weighted by molar-refractivity contribution is 0.0697. The topological polar surface area (TPSA) is 54.4 Å². The van der Waals surface area contributed by atoms with Gasteiger partial charge >= 0.3 is 5.97 Å². The minimum atomic E-state index is -1.06. The third-order valence-corrected chi connectivity index (χ3v) is 2.99. The van der Waals surface area contributed by atoms with Crippen molar-refractivity contribution in [3.05, 3.63) is 71.0 Å². The highest BCUT2D eigenvalue weighted by atomic mass is 19.1. The first-order chi connectivity index (χ1) is 9.56. The predicted octanol–water partition coefficient (Wildman–Crippen LogP) is 3.34. The molecule has 0 fully saturated rings. The number of carbonyl (C=O) groups excluding carboxylic acids is 1. The van der Waals surface area contributed by atoms with E-state index in [1.165, 1.54) is 24.3 Å². The van der Waals surface area contributed by atoms with E-state index in [-0.39, 0.29) is 23.6 Å². The van der Waals surface area contributed by atoms with Gasteiger partial charge in [-0.3, -0.25) is 4.79 Å². The fourth-order valence-electron chi connectivity index (χ4n) is 1.88. The van der Waals surface area contributed by atoms with Gasteiger partial charge in [0.15, 0.2) is 5.78 Å². The molecule has 102 valence electrons. The molecule has 0 aliphatic rings. The molecule has 20 heavy (non-hydrogen) atoms. The Morgan fingerprint density at radius 2 is 1.65 bits per heavy atom. The Hall–Kier alpha value is -2.49. The lowest BCUT2D eigenvalue weighted by Crippen LogP contribution is -2.04. The summed E-state index contributed by atoms with van der Waals surface area (Å²) in [6.45, 7) is 0. The number of ketones is 1. The zero-order chi connectivity index (χ0) is 14.5. The van der Waals surface area contributed by atoms with Gasteiger partial charge in [-0.2, -0.15) is 0 Å². The summed E-state index contributed by atoms with van der Waals surface area (Å²) < 4.78 is 12.7. The second-order valence-electron chi connectivity index (χ2n) is 4.44. The van der Waals surface area contributed by atoms with Crippen molar-refractivity contribution in [2.45, 2.75) is 12.8 Å². The summed E-state index contributed by atoms with van der Waals surface area (Å²) in [7, 11) is 0. The van der Waals surface area contributed by atoms with Crippen molar-refractivity contribution >= 4 is 11.8 Å². The first-order valence-corrected chi connectivity index (χ1v) is 6.17. The van der Waals surface area contributed by atoms with Gasteiger partial charge in [0, 0.05) is 12.0 Å². The highest BCUT2D eigenvalue weighted by Crippen LogP contribution is 2.11. The number of benzene rings is 2. The molecule has 0 spiro atoms. The first kappa shape index (κ1) is 13.9. The van der Waals surface area contributed by atoms with Crippen molar-refractivity contribution in [3.8, 4) is 0 Å². The molecule has 3 nitrogen and oxygen atoms in total. The minimum Gasteiger partial charge on any atom is -0.478 e. The zero-order valence-corrected chi connectivity index (χ0v) is 10.7. The highest BCUT2D eigenvalue weighted by Gasteiger charge is 2.09. The number of halogens is 1. The van der Waals surface area contributed by atoms with Crippen LogP contribution in [0.25, 0.3) is 0 Å². The number of Topliss-reactive ketones (excluding diaryl/α,β-unsaturated/α-hetero) is 1. The van der Waals surface area contributed by atoms with Crippen molar-refractivity contribution in [3.63, 3.8) is 0 Å². The Balaban J connectivity index is 2.03. The molecule has 2 aromatic rings. The summed E-state index contributed by atoms with van der Waals surface area (Å²) >= 11 is 0. The van der Waals surface area contributed by atoms with Crippen LogP contribution in [0.5, 0.6) is 0 Å². The number of carbonyl (C=O) groups is 2. The molecule has 0 bridgehead atoms. The van der Waals surface area contributed by atoms with Gasteiger partial charge in [-0.1, -0.05) is 24.3 Å². The number of carboxylic acid groups (broad SMARTS) is 1. The fraction of sp³-hybridized carbons (Fsp3) is 0.125. The smallest absolute Gasteiger partial charge is 0.335 e. The molecule has 1 N–H and O–H groups in total. The number of rotatable bonds is 5. The monoisotopic (exact) mass is 272 g/mol. The van der Waals surface area contributed by atoms with Gasteiger partial charge in [-0.05, 0) is 36.2 Å². The first-order valence-electron chi connectivity index (χ1n) is 6.17. The summed E-state index contributed by atoms with van der Waals surface area (Å²) in [4.78, 5) is 22.8. The quantitative estimate of drug-likeness (QED) is 0.849. The molecule has 0 aliphatic carbocycles. The Morgan fingerprint density at radius 3 is 2.30 bits per heavy atom. The molecular formula is C16H13FO3. The van der Waals surface area contributed by atoms with Gasteiger partial charge < -0.3 is 5.11 Å². The van der Waals surface area contributed by atoms with Crippen LogP contribution in [0, 0.1) is 5.82 Å². The van der Waals surface area contributed by atoms with Crippen molar-refractivity contribution in [2.24, 2.45) is 0 Å². The van der Waals surface area contributed by atoms with Gasteiger partial charge in [0.2, 0.25) is 0 Å². The van der Waals surface area contributed by atoms with E-state index >= 15 is 0 Å². The normalized spacial score (nSPS) is 10.2. The second kappa shape index (κ2) is 6.10. The maximum atomic E-state index is 12.7. The van der Waals surface area contributed by atoms with E-state index in [4.69, 9.17) is 5.11 Å². The molecule has 4 heteroatoms. The van der Waals surface area contributed by atoms with E-state index in [2.05, 4.69) is 0 Å². The number of carboxylic acids is 1. The van der Waals surface area contributed by atoms with Crippen LogP contribution in [0.4, 0.5) is 4.39 Å². The molecular weight excluding hydrogens is 259 g/mol. The molecule has 0 aliphatic heterocycles. The summed E-state index contributed by atoms with van der Waals surface area (Å²) in [5.41, 5.74) is 1.35. The number of hydrogen-bond donors (Lipinski definition) is 1. The minimum absolute atomic E-state index is 0.0950. The van der Waals surface area contributed by atoms with Crippen molar-refractivity contribution in [1.82, 2.24) is 0 Å². The molecule has 0 amide bonds. The molecule has 0 saturated carbocycles. The van der Waals surface area contributed by atoms with Gasteiger partial charge in [0.1, 0.15) is 5.82 Å². The summed E-state index contributed by atoms with van der Waals surface area (Å²) in [6, 6.07) is 11.9. The average molecular weight is 272 g/mol. The van der Waals surface area contributed by atoms with Crippen LogP contribution in [0.1, 0.15) is 32.7 Å². The molecule has 0 saturated heterocycles. The molecule has 2 aromatic carbocycles. The van der Waals surface area contributed by atoms with E-state index in [0.717, 1.165) is 5.56 Å². The molecule has 0 atom stereocenters. The summed E-state index contributed by atoms with van der Waals surface area (Å²) in [6.07, 6.45) is 0.755. The van der Waals surface area contributed by atoms with Gasteiger partial charge in [0.25, 0.3) is 0 Å². The SMILES string of the molecule is O=C(O)c1cccc(C(=O)CCc2ccc(F)cc2)c1. The molecule has 2 rings (SSSR count). The maximum Gasteiger partial charge on any atom is 0.335 e. The van der Waals surface area contributed by atoms with Crippen LogP contribution >= 0.6 is 0 Å². The third-order valence-electron chi connectivity index (χ3n) is 2.99. The lowest BCUT2D eigenvalue weighted by Gasteiger charge is -2.03. The van der Waals surface area contributed by atoms with Crippen molar-refractivity contribution in [2.75, 3.05) is 0 Å². The van der Waals surface area contributed by atoms with Crippen LogP contribution < -0.4 is 0 Å². The Morgan fingerprint density at radius 1 is 1.00 bits per heavy atom. The molecule has 0 radical (unpaired) electrons. The second-order valence-corrected chi connectivity index (χ2v) is 4.44. The zero-order valence-electron chi connectivity index (χ0n) is 10.7. The molecule has 0 heterocycles. The predicted molar refractivity (Wildman–Crippen MR) is 72.5 cm³/mol. The Kier molecular flexibility index (Phi) is 4.25. The fourth-order valence-corrected chi connectivity index (χ4v) is 1.88. The van der Waals surface area contributed by atoms with Crippen LogP contribution in [0.3, 0.4) is 0 Å². The maximum absolute atomic E-state index is 12.7. The van der Waals surface area contributed by atoms with Gasteiger partial charge in [-0.15, -0.1) is 0 Å². The van der Waals surface area contributed by atoms with Crippen LogP contribution in [-0.4, -0.2) is 16.9 Å². The van der Waals surface area contributed by atoms with Crippen LogP contribution in [0.15, 0.2) is 48.5 Å². The van der Waals surface area contributed by atoms with Crippen LogP contribution in [0.2, 0.25) is 0 Å². The molecule has 0 unspecified atom stereocenters. The number of aryl methyl sites for hydroxylation is 1. The van der Waals surface area contributed by atoms with Gasteiger partial charge in [-0.25, -0.2) is 9.18 Å². The molecule has 0 aromatic heterocycles. The van der Waals surface area contributed by atoms with Crippen molar-refractivity contribution in [1.29, 1.82) is 0 Å². The van der Waals surface area contributed by atoms with Crippen molar-refractivity contribution < 1.29 is 19.1 Å². The Labute approximate surface area is 115 Å². The van der Waals surface area contributed by atoms with E-state index in [0.29, 0.717) is 12.0 Å². The van der Waals surface area contributed by atoms with E-state index in [1.807, 2.05) is 0 Å². The number of hydrogen-bond acceptors (Lipinski definition) is 2.